The largest absolute Gasteiger partial charge is 0.337 e. The quantitative estimate of drug-likeness (QED) is 0.490. The molecule has 4 aromatic rings. The number of amides is 1. The van der Waals surface area contributed by atoms with Crippen molar-refractivity contribution in [2.24, 2.45) is 0 Å². The third-order valence-corrected chi connectivity index (χ3v) is 5.51. The summed E-state index contributed by atoms with van der Waals surface area (Å²) >= 11 is 0. The molecular weight excluding hydrogens is 372 g/mol. The second kappa shape index (κ2) is 7.75. The van der Waals surface area contributed by atoms with Crippen LogP contribution in [0.4, 0.5) is 0 Å². The van der Waals surface area contributed by atoms with Gasteiger partial charge in [0.1, 0.15) is 0 Å². The van der Waals surface area contributed by atoms with Gasteiger partial charge < -0.3 is 4.90 Å². The summed E-state index contributed by atoms with van der Waals surface area (Å²) in [5.74, 6) is -0.0117. The Kier molecular flexibility index (Phi) is 5.12. The van der Waals surface area contributed by atoms with Gasteiger partial charge in [-0.05, 0) is 58.0 Å². The third kappa shape index (κ3) is 3.59. The molecule has 2 heterocycles. The fourth-order valence-corrected chi connectivity index (χ4v) is 3.89. The number of hydrogen-bond donors (Lipinski definition) is 0. The molecule has 2 aromatic heterocycles. The third-order valence-electron chi connectivity index (χ3n) is 5.51. The molecule has 0 N–H and O–H groups in total. The molecule has 152 valence electrons. The van der Waals surface area contributed by atoms with Crippen molar-refractivity contribution in [1.29, 1.82) is 0 Å². The van der Waals surface area contributed by atoms with E-state index in [9.17, 15) is 4.79 Å². The molecule has 5 heteroatoms. The van der Waals surface area contributed by atoms with Gasteiger partial charge in [-0.15, -0.1) is 0 Å². The van der Waals surface area contributed by atoms with Gasteiger partial charge in [0.05, 0.1) is 22.5 Å². The lowest BCUT2D eigenvalue weighted by Gasteiger charge is -2.19. The number of pyridine rings is 1. The van der Waals surface area contributed by atoms with Gasteiger partial charge in [0.25, 0.3) is 5.91 Å². The van der Waals surface area contributed by atoms with Crippen LogP contribution in [0.15, 0.2) is 54.6 Å². The first-order valence-electron chi connectivity index (χ1n) is 10.1. The van der Waals surface area contributed by atoms with Crippen LogP contribution >= 0.6 is 0 Å². The molecule has 0 aliphatic heterocycles. The van der Waals surface area contributed by atoms with Crippen LogP contribution in [-0.4, -0.2) is 32.6 Å². The van der Waals surface area contributed by atoms with Gasteiger partial charge in [0.2, 0.25) is 0 Å². The van der Waals surface area contributed by atoms with Crippen LogP contribution in [0.5, 0.6) is 0 Å². The second-order valence-corrected chi connectivity index (χ2v) is 7.89. The Morgan fingerprint density at radius 2 is 1.73 bits per heavy atom. The Morgan fingerprint density at radius 3 is 2.47 bits per heavy atom. The Morgan fingerprint density at radius 1 is 1.00 bits per heavy atom. The van der Waals surface area contributed by atoms with E-state index < -0.39 is 0 Å². The first-order chi connectivity index (χ1) is 14.3. The lowest BCUT2D eigenvalue weighted by molar-refractivity contribution is 0.0786. The maximum absolute atomic E-state index is 13.4. The van der Waals surface area contributed by atoms with Crippen molar-refractivity contribution in [1.82, 2.24) is 19.7 Å². The molecule has 30 heavy (non-hydrogen) atoms. The van der Waals surface area contributed by atoms with Crippen molar-refractivity contribution in [2.45, 2.75) is 34.2 Å². The lowest BCUT2D eigenvalue weighted by Crippen LogP contribution is -2.27. The minimum Gasteiger partial charge on any atom is -0.337 e. The summed E-state index contributed by atoms with van der Waals surface area (Å²) in [5.41, 5.74) is 7.56. The fourth-order valence-electron chi connectivity index (χ4n) is 3.89. The molecule has 2 aromatic carbocycles. The van der Waals surface area contributed by atoms with Gasteiger partial charge >= 0.3 is 0 Å². The van der Waals surface area contributed by atoms with Gasteiger partial charge in [0, 0.05) is 35.9 Å². The van der Waals surface area contributed by atoms with Gasteiger partial charge in [-0.25, -0.2) is 4.68 Å². The molecule has 0 saturated heterocycles. The van der Waals surface area contributed by atoms with Crippen molar-refractivity contribution >= 4 is 16.8 Å². The number of carbonyl (C=O) groups excluding carboxylic acids is 1. The Balaban J connectivity index is 1.68. The van der Waals surface area contributed by atoms with E-state index in [1.54, 1.807) is 4.90 Å². The summed E-state index contributed by atoms with van der Waals surface area (Å²) in [7, 11) is 1.85. The van der Waals surface area contributed by atoms with E-state index in [0.717, 1.165) is 44.8 Å². The SMILES string of the molecule is Cc1ccc2nc(C)cc(C(=O)N(C)Cc3c(C)nn(-c4ccccc4)c3C)c2c1. The molecule has 0 atom stereocenters. The minimum absolute atomic E-state index is 0.0117. The zero-order valence-corrected chi connectivity index (χ0v) is 18.1. The van der Waals surface area contributed by atoms with Crippen LogP contribution < -0.4 is 0 Å². The van der Waals surface area contributed by atoms with E-state index in [1.807, 2.05) is 87.1 Å². The van der Waals surface area contributed by atoms with Crippen LogP contribution in [-0.2, 0) is 6.54 Å². The van der Waals surface area contributed by atoms with Gasteiger partial charge in [-0.2, -0.15) is 5.10 Å². The molecule has 0 aliphatic carbocycles. The number of fused-ring (bicyclic) bond motifs is 1. The number of nitrogens with zero attached hydrogens (tertiary/aromatic N) is 4. The van der Waals surface area contributed by atoms with Gasteiger partial charge in [0.15, 0.2) is 0 Å². The van der Waals surface area contributed by atoms with Crippen molar-refractivity contribution in [3.05, 3.63) is 88.4 Å². The van der Waals surface area contributed by atoms with Gasteiger partial charge in [-0.3, -0.25) is 9.78 Å². The number of carbonyl (C=O) groups is 1. The van der Waals surface area contributed by atoms with E-state index >= 15 is 0 Å². The molecule has 0 fully saturated rings. The highest BCUT2D eigenvalue weighted by Crippen LogP contribution is 2.24. The summed E-state index contributed by atoms with van der Waals surface area (Å²) in [5, 5.41) is 5.60. The fraction of sp³-hybridized carbons (Fsp3) is 0.240. The second-order valence-electron chi connectivity index (χ2n) is 7.89. The summed E-state index contributed by atoms with van der Waals surface area (Å²) < 4.78 is 1.94. The van der Waals surface area contributed by atoms with E-state index in [1.165, 1.54) is 0 Å². The number of benzene rings is 2. The summed E-state index contributed by atoms with van der Waals surface area (Å²) in [6, 6.07) is 18.0. The number of rotatable bonds is 4. The average Bonchev–Trinajstić information content (AvgIpc) is 3.01. The van der Waals surface area contributed by atoms with Crippen LogP contribution in [0.25, 0.3) is 16.6 Å². The van der Waals surface area contributed by atoms with E-state index in [-0.39, 0.29) is 5.91 Å². The minimum atomic E-state index is -0.0117. The highest BCUT2D eigenvalue weighted by atomic mass is 16.2. The monoisotopic (exact) mass is 398 g/mol. The molecule has 4 rings (SSSR count). The maximum Gasteiger partial charge on any atom is 0.254 e. The molecule has 0 saturated carbocycles. The topological polar surface area (TPSA) is 51.0 Å². The maximum atomic E-state index is 13.4. The highest BCUT2D eigenvalue weighted by Gasteiger charge is 2.20. The predicted octanol–water partition coefficient (Wildman–Crippen LogP) is 4.93. The smallest absolute Gasteiger partial charge is 0.254 e. The summed E-state index contributed by atoms with van der Waals surface area (Å²) in [6.45, 7) is 8.50. The van der Waals surface area contributed by atoms with Crippen molar-refractivity contribution in [2.75, 3.05) is 7.05 Å². The normalized spacial score (nSPS) is 11.1. The van der Waals surface area contributed by atoms with Crippen LogP contribution in [0.1, 0.15) is 38.6 Å². The van der Waals surface area contributed by atoms with Crippen molar-refractivity contribution in [3.63, 3.8) is 0 Å². The molecule has 0 unspecified atom stereocenters. The molecule has 0 bridgehead atoms. The summed E-state index contributed by atoms with van der Waals surface area (Å²) in [4.78, 5) is 19.7. The Labute approximate surface area is 177 Å². The predicted molar refractivity (Wildman–Crippen MR) is 120 cm³/mol. The number of para-hydroxylation sites is 1. The van der Waals surface area contributed by atoms with Crippen LogP contribution in [0.3, 0.4) is 0 Å². The van der Waals surface area contributed by atoms with Crippen LogP contribution in [0, 0.1) is 27.7 Å². The molecule has 0 aliphatic rings. The van der Waals surface area contributed by atoms with Crippen molar-refractivity contribution in [3.8, 4) is 5.69 Å². The first-order valence-corrected chi connectivity index (χ1v) is 10.1. The zero-order valence-electron chi connectivity index (χ0n) is 18.1. The standard InChI is InChI=1S/C25H26N4O/c1-16-11-12-24-21(13-16)22(14-17(2)26-24)25(30)28(5)15-23-18(3)27-29(19(23)4)20-9-7-6-8-10-20/h6-14H,15H2,1-5H3. The molecule has 5 nitrogen and oxygen atoms in total. The lowest BCUT2D eigenvalue weighted by atomic mass is 10.0. The van der Waals surface area contributed by atoms with Gasteiger partial charge in [-0.1, -0.05) is 29.8 Å². The average molecular weight is 399 g/mol. The van der Waals surface area contributed by atoms with Crippen LogP contribution in [0.2, 0.25) is 0 Å². The number of aromatic nitrogens is 3. The number of aryl methyl sites for hydroxylation is 3. The molecular formula is C25H26N4O. The van der Waals surface area contributed by atoms with E-state index in [0.29, 0.717) is 12.1 Å². The Hall–Kier alpha value is -3.47. The van der Waals surface area contributed by atoms with E-state index in [4.69, 9.17) is 5.10 Å². The van der Waals surface area contributed by atoms with E-state index in [2.05, 4.69) is 11.9 Å². The first kappa shape index (κ1) is 19.8. The molecule has 0 radical (unpaired) electrons. The summed E-state index contributed by atoms with van der Waals surface area (Å²) in [6.07, 6.45) is 0. The molecule has 0 spiro atoms. The Bertz CT molecular complexity index is 1240. The van der Waals surface area contributed by atoms with Crippen molar-refractivity contribution < 1.29 is 4.79 Å². The highest BCUT2D eigenvalue weighted by molar-refractivity contribution is 6.06. The molecule has 1 amide bonds. The zero-order chi connectivity index (χ0) is 21.4. The number of hydrogen-bond acceptors (Lipinski definition) is 3.